The fourth-order valence-electron chi connectivity index (χ4n) is 0.424. The second-order valence-corrected chi connectivity index (χ2v) is 2.36. The van der Waals surface area contributed by atoms with Crippen LogP contribution < -0.4 is 0 Å². The van der Waals surface area contributed by atoms with Crippen LogP contribution in [0.15, 0.2) is 0 Å². The zero-order valence-corrected chi connectivity index (χ0v) is 6.88. The highest BCUT2D eigenvalue weighted by molar-refractivity contribution is 5.74. The summed E-state index contributed by atoms with van der Waals surface area (Å²) in [6.45, 7) is 5.27. The number of carbonyl (C=O) groups excluding carboxylic acids is 1. The van der Waals surface area contributed by atoms with E-state index >= 15 is 0 Å². The monoisotopic (exact) mass is 146 g/mol. The second kappa shape index (κ2) is 4.28. The first-order valence-corrected chi connectivity index (χ1v) is 3.31. The summed E-state index contributed by atoms with van der Waals surface area (Å²) >= 11 is 0. The summed E-state index contributed by atoms with van der Waals surface area (Å²) in [4.78, 5) is 10.8. The Morgan fingerprint density at radius 1 is 1.30 bits per heavy atom. The Balaban J connectivity index is 3.62. The lowest BCUT2D eigenvalue weighted by molar-refractivity contribution is -0.158. The number of hydrogen-bond donors (Lipinski definition) is 0. The topological polar surface area (TPSA) is 35.5 Å². The SMILES string of the molecule is CO[C@@H](C)C(=O)OC(C)C. The molecule has 0 heterocycles. The Kier molecular flexibility index (Phi) is 4.03. The van der Waals surface area contributed by atoms with Crippen molar-refractivity contribution in [2.75, 3.05) is 7.11 Å². The van der Waals surface area contributed by atoms with E-state index in [4.69, 9.17) is 9.47 Å². The van der Waals surface area contributed by atoms with Crippen LogP contribution in [0.1, 0.15) is 20.8 Å². The predicted octanol–water partition coefficient (Wildman–Crippen LogP) is 0.973. The first-order chi connectivity index (χ1) is 4.57. The lowest BCUT2D eigenvalue weighted by atomic mass is 10.4. The van der Waals surface area contributed by atoms with Gasteiger partial charge < -0.3 is 9.47 Å². The van der Waals surface area contributed by atoms with Gasteiger partial charge in [0.25, 0.3) is 0 Å². The first-order valence-electron chi connectivity index (χ1n) is 3.31. The summed E-state index contributed by atoms with van der Waals surface area (Å²) in [6, 6.07) is 0. The summed E-state index contributed by atoms with van der Waals surface area (Å²) in [5, 5.41) is 0. The molecule has 0 saturated heterocycles. The molecule has 0 spiro atoms. The average Bonchev–Trinajstić information content (AvgIpc) is 1.85. The molecule has 0 aliphatic heterocycles. The van der Waals surface area contributed by atoms with Gasteiger partial charge >= 0.3 is 5.97 Å². The van der Waals surface area contributed by atoms with Gasteiger partial charge in [-0.1, -0.05) is 0 Å². The van der Waals surface area contributed by atoms with Crippen LogP contribution in [-0.4, -0.2) is 25.3 Å². The second-order valence-electron chi connectivity index (χ2n) is 2.36. The zero-order chi connectivity index (χ0) is 8.15. The number of hydrogen-bond acceptors (Lipinski definition) is 3. The number of carbonyl (C=O) groups is 1. The molecule has 3 nitrogen and oxygen atoms in total. The summed E-state index contributed by atoms with van der Waals surface area (Å²) in [5.41, 5.74) is 0. The van der Waals surface area contributed by atoms with E-state index in [1.165, 1.54) is 7.11 Å². The minimum atomic E-state index is -0.456. The molecule has 10 heavy (non-hydrogen) atoms. The zero-order valence-electron chi connectivity index (χ0n) is 6.88. The Bertz CT molecular complexity index is 109. The van der Waals surface area contributed by atoms with Gasteiger partial charge in [-0.2, -0.15) is 0 Å². The van der Waals surface area contributed by atoms with Crippen LogP contribution in [0, 0.1) is 0 Å². The van der Waals surface area contributed by atoms with Gasteiger partial charge in [0, 0.05) is 7.11 Å². The first kappa shape index (κ1) is 9.43. The summed E-state index contributed by atoms with van der Waals surface area (Å²) in [7, 11) is 1.48. The van der Waals surface area contributed by atoms with Crippen LogP contribution in [0.2, 0.25) is 0 Å². The standard InChI is InChI=1S/C7H14O3/c1-5(2)10-7(8)6(3)9-4/h5-6H,1-4H3/t6-/m0/s1. The van der Waals surface area contributed by atoms with E-state index in [2.05, 4.69) is 0 Å². The van der Waals surface area contributed by atoms with E-state index in [0.29, 0.717) is 0 Å². The van der Waals surface area contributed by atoms with Crippen molar-refractivity contribution in [3.8, 4) is 0 Å². The maximum atomic E-state index is 10.8. The molecule has 1 atom stereocenters. The molecule has 0 N–H and O–H groups in total. The molecule has 0 aromatic heterocycles. The lowest BCUT2D eigenvalue weighted by Gasteiger charge is -2.11. The number of esters is 1. The van der Waals surface area contributed by atoms with Gasteiger partial charge in [0.15, 0.2) is 6.10 Å². The average molecular weight is 146 g/mol. The highest BCUT2D eigenvalue weighted by atomic mass is 16.6. The van der Waals surface area contributed by atoms with Crippen LogP contribution in [0.3, 0.4) is 0 Å². The largest absolute Gasteiger partial charge is 0.461 e. The molecule has 0 saturated carbocycles. The molecule has 0 rings (SSSR count). The van der Waals surface area contributed by atoms with Crippen LogP contribution in [0.25, 0.3) is 0 Å². The van der Waals surface area contributed by atoms with Crippen molar-refractivity contribution in [1.29, 1.82) is 0 Å². The summed E-state index contributed by atoms with van der Waals surface area (Å²) in [5.74, 6) is -0.308. The van der Waals surface area contributed by atoms with Crippen molar-refractivity contribution < 1.29 is 14.3 Å². The quantitative estimate of drug-likeness (QED) is 0.556. The third-order valence-corrected chi connectivity index (χ3v) is 1.04. The Morgan fingerprint density at radius 2 is 1.80 bits per heavy atom. The fourth-order valence-corrected chi connectivity index (χ4v) is 0.424. The molecule has 0 bridgehead atoms. The highest BCUT2D eigenvalue weighted by Crippen LogP contribution is 1.95. The smallest absolute Gasteiger partial charge is 0.335 e. The molecule has 0 aliphatic carbocycles. The molecule has 0 radical (unpaired) electrons. The van der Waals surface area contributed by atoms with E-state index in [9.17, 15) is 4.79 Å². The molecular formula is C7H14O3. The highest BCUT2D eigenvalue weighted by Gasteiger charge is 2.13. The van der Waals surface area contributed by atoms with Crippen molar-refractivity contribution in [2.45, 2.75) is 33.0 Å². The van der Waals surface area contributed by atoms with Gasteiger partial charge in [-0.25, -0.2) is 4.79 Å². The fraction of sp³-hybridized carbons (Fsp3) is 0.857. The van der Waals surface area contributed by atoms with E-state index < -0.39 is 6.10 Å². The minimum Gasteiger partial charge on any atom is -0.461 e. The number of methoxy groups -OCH3 is 1. The van der Waals surface area contributed by atoms with E-state index in [-0.39, 0.29) is 12.1 Å². The Labute approximate surface area is 61.3 Å². The molecule has 0 unspecified atom stereocenters. The molecule has 0 aromatic carbocycles. The third kappa shape index (κ3) is 3.45. The van der Waals surface area contributed by atoms with Crippen LogP contribution in [0.5, 0.6) is 0 Å². The minimum absolute atomic E-state index is 0.0647. The normalized spacial score (nSPS) is 13.3. The molecule has 0 fully saturated rings. The molecule has 60 valence electrons. The van der Waals surface area contributed by atoms with Gasteiger partial charge in [0.1, 0.15) is 0 Å². The summed E-state index contributed by atoms with van der Waals surface area (Å²) < 4.78 is 9.58. The van der Waals surface area contributed by atoms with E-state index in [0.717, 1.165) is 0 Å². The van der Waals surface area contributed by atoms with Crippen molar-refractivity contribution >= 4 is 5.97 Å². The van der Waals surface area contributed by atoms with Gasteiger partial charge in [0.05, 0.1) is 6.10 Å². The maximum absolute atomic E-state index is 10.8. The van der Waals surface area contributed by atoms with Gasteiger partial charge in [-0.05, 0) is 20.8 Å². The van der Waals surface area contributed by atoms with Crippen molar-refractivity contribution in [1.82, 2.24) is 0 Å². The van der Waals surface area contributed by atoms with Crippen molar-refractivity contribution in [3.63, 3.8) is 0 Å². The van der Waals surface area contributed by atoms with Crippen LogP contribution in [0.4, 0.5) is 0 Å². The van der Waals surface area contributed by atoms with Crippen LogP contribution >= 0.6 is 0 Å². The molecule has 0 aromatic rings. The lowest BCUT2D eigenvalue weighted by Crippen LogP contribution is -2.24. The van der Waals surface area contributed by atoms with E-state index in [1.54, 1.807) is 20.8 Å². The van der Waals surface area contributed by atoms with Gasteiger partial charge in [-0.3, -0.25) is 0 Å². The summed E-state index contributed by atoms with van der Waals surface area (Å²) in [6.07, 6.45) is -0.521. The number of ether oxygens (including phenoxy) is 2. The number of rotatable bonds is 3. The Hall–Kier alpha value is -0.570. The van der Waals surface area contributed by atoms with Crippen molar-refractivity contribution in [2.24, 2.45) is 0 Å². The molecular weight excluding hydrogens is 132 g/mol. The van der Waals surface area contributed by atoms with Crippen molar-refractivity contribution in [3.05, 3.63) is 0 Å². The molecule has 0 aliphatic rings. The van der Waals surface area contributed by atoms with Gasteiger partial charge in [0.2, 0.25) is 0 Å². The van der Waals surface area contributed by atoms with Gasteiger partial charge in [-0.15, -0.1) is 0 Å². The maximum Gasteiger partial charge on any atom is 0.335 e. The molecule has 3 heteroatoms. The molecule has 0 amide bonds. The third-order valence-electron chi connectivity index (χ3n) is 1.04. The Morgan fingerprint density at radius 3 is 2.10 bits per heavy atom. The van der Waals surface area contributed by atoms with E-state index in [1.807, 2.05) is 0 Å². The van der Waals surface area contributed by atoms with Crippen LogP contribution in [-0.2, 0) is 14.3 Å². The predicted molar refractivity (Wildman–Crippen MR) is 37.7 cm³/mol.